The topological polar surface area (TPSA) is 56.3 Å². The average Bonchev–Trinajstić information content (AvgIpc) is 3.48. The molecule has 3 heterocycles. The second-order valence-corrected chi connectivity index (χ2v) is 8.06. The predicted octanol–water partition coefficient (Wildman–Crippen LogP) is 3.64. The molecular weight excluding hydrogens is 352 g/mol. The molecule has 0 spiro atoms. The molecule has 1 saturated carbocycles. The van der Waals surface area contributed by atoms with Gasteiger partial charge in [-0.2, -0.15) is 5.10 Å². The van der Waals surface area contributed by atoms with E-state index in [0.717, 1.165) is 49.5 Å². The summed E-state index contributed by atoms with van der Waals surface area (Å²) in [5.74, 6) is 2.29. The molecule has 2 aliphatic rings. The number of nitrogens with zero attached hydrogens (tertiary/aromatic N) is 4. The van der Waals surface area contributed by atoms with Crippen LogP contribution in [0.4, 0.5) is 0 Å². The molecule has 1 saturated heterocycles. The molecule has 6 heteroatoms. The molecule has 1 aromatic carbocycles. The fraction of sp³-hybridized carbons (Fsp3) is 0.455. The van der Waals surface area contributed by atoms with Crippen LogP contribution in [0.25, 0.3) is 11.3 Å². The second-order valence-electron chi connectivity index (χ2n) is 8.06. The highest BCUT2D eigenvalue weighted by Gasteiger charge is 2.43. The summed E-state index contributed by atoms with van der Waals surface area (Å²) in [6.07, 6.45) is 6.36. The second kappa shape index (κ2) is 7.53. The highest BCUT2D eigenvalue weighted by atomic mass is 16.5. The molecule has 2 aromatic heterocycles. The van der Waals surface area contributed by atoms with Crippen LogP contribution in [0, 0.1) is 11.8 Å². The highest BCUT2D eigenvalue weighted by Crippen LogP contribution is 2.42. The first-order valence-electron chi connectivity index (χ1n) is 10.1. The van der Waals surface area contributed by atoms with Gasteiger partial charge >= 0.3 is 0 Å². The third-order valence-corrected chi connectivity index (χ3v) is 6.34. The highest BCUT2D eigenvalue weighted by molar-refractivity contribution is 5.58. The van der Waals surface area contributed by atoms with E-state index in [1.54, 1.807) is 0 Å². The summed E-state index contributed by atoms with van der Waals surface area (Å²) in [7, 11) is 1.83. The molecule has 3 aromatic rings. The Morgan fingerprint density at radius 2 is 1.93 bits per heavy atom. The number of ether oxygens (including phenoxy) is 1. The number of benzene rings is 1. The van der Waals surface area contributed by atoms with Crippen LogP contribution in [-0.4, -0.2) is 46.1 Å². The molecule has 28 heavy (non-hydrogen) atoms. The van der Waals surface area contributed by atoms with Crippen molar-refractivity contribution in [2.45, 2.75) is 31.5 Å². The van der Waals surface area contributed by atoms with Gasteiger partial charge in [-0.15, -0.1) is 0 Å². The van der Waals surface area contributed by atoms with Crippen LogP contribution < -0.4 is 0 Å². The van der Waals surface area contributed by atoms with Crippen molar-refractivity contribution in [1.82, 2.24) is 19.8 Å². The van der Waals surface area contributed by atoms with E-state index in [1.807, 2.05) is 37.6 Å². The van der Waals surface area contributed by atoms with Crippen molar-refractivity contribution in [1.29, 1.82) is 0 Å². The number of hydrogen-bond acceptors (Lipinski definition) is 5. The van der Waals surface area contributed by atoms with Crippen molar-refractivity contribution >= 4 is 0 Å². The molecule has 6 nitrogen and oxygen atoms in total. The number of fused-ring (bicyclic) bond motifs is 1. The maximum Gasteiger partial charge on any atom is 0.151 e. The molecule has 0 bridgehead atoms. The van der Waals surface area contributed by atoms with Crippen LogP contribution in [0.5, 0.6) is 0 Å². The van der Waals surface area contributed by atoms with Gasteiger partial charge in [0.15, 0.2) is 5.76 Å². The first-order chi connectivity index (χ1) is 13.8. The molecule has 146 valence electrons. The van der Waals surface area contributed by atoms with Crippen molar-refractivity contribution in [3.63, 3.8) is 0 Å². The zero-order valence-corrected chi connectivity index (χ0v) is 16.1. The molecule has 0 N–H and O–H groups in total. The fourth-order valence-electron chi connectivity index (χ4n) is 4.98. The summed E-state index contributed by atoms with van der Waals surface area (Å²) >= 11 is 0. The van der Waals surface area contributed by atoms with Gasteiger partial charge in [-0.05, 0) is 30.7 Å². The van der Waals surface area contributed by atoms with E-state index >= 15 is 0 Å². The summed E-state index contributed by atoms with van der Waals surface area (Å²) in [4.78, 5) is 2.50. The van der Waals surface area contributed by atoms with Crippen LogP contribution in [0.2, 0.25) is 0 Å². The Kier molecular flexibility index (Phi) is 4.74. The van der Waals surface area contributed by atoms with Crippen molar-refractivity contribution in [3.8, 4) is 11.3 Å². The number of likely N-dealkylation sites (tertiary alicyclic amines) is 1. The van der Waals surface area contributed by atoms with Gasteiger partial charge in [-0.3, -0.25) is 9.58 Å². The lowest BCUT2D eigenvalue weighted by Gasteiger charge is -2.37. The van der Waals surface area contributed by atoms with Crippen LogP contribution in [0.1, 0.15) is 24.6 Å². The number of aromatic nitrogens is 3. The smallest absolute Gasteiger partial charge is 0.151 e. The first-order valence-corrected chi connectivity index (χ1v) is 10.1. The Morgan fingerprint density at radius 1 is 1.11 bits per heavy atom. The lowest BCUT2D eigenvalue weighted by atomic mass is 9.77. The standard InChI is InChI=1S/C22H26N4O2/c1-27-22-11-18-14-25(13-17(18)10-21(22)26-9-5-8-23-26)15-19-12-20(24-28-19)16-6-3-2-4-7-16/h2-9,12,17-18,21-22H,10-11,13-15H2,1H3/t17-,18+,21-,22-/m0/s1. The Balaban J connectivity index is 1.26. The Morgan fingerprint density at radius 3 is 2.68 bits per heavy atom. The van der Waals surface area contributed by atoms with E-state index in [-0.39, 0.29) is 6.10 Å². The average molecular weight is 378 g/mol. The van der Waals surface area contributed by atoms with E-state index in [2.05, 4.69) is 44.2 Å². The normalized spacial score (nSPS) is 27.8. The maximum atomic E-state index is 5.83. The van der Waals surface area contributed by atoms with Crippen LogP contribution in [0.3, 0.4) is 0 Å². The van der Waals surface area contributed by atoms with E-state index in [9.17, 15) is 0 Å². The number of hydrogen-bond donors (Lipinski definition) is 0. The van der Waals surface area contributed by atoms with Crippen LogP contribution in [0.15, 0.2) is 59.4 Å². The molecule has 5 rings (SSSR count). The van der Waals surface area contributed by atoms with E-state index in [4.69, 9.17) is 9.26 Å². The third kappa shape index (κ3) is 3.38. The van der Waals surface area contributed by atoms with Gasteiger partial charge in [0, 0.05) is 44.2 Å². The minimum Gasteiger partial charge on any atom is -0.379 e. The minimum absolute atomic E-state index is 0.232. The van der Waals surface area contributed by atoms with Gasteiger partial charge in [0.2, 0.25) is 0 Å². The SMILES string of the molecule is CO[C@H]1C[C@@H]2CN(Cc3cc(-c4ccccc4)no3)C[C@@H]2C[C@@H]1n1cccn1. The molecule has 0 unspecified atom stereocenters. The molecule has 2 fully saturated rings. The minimum atomic E-state index is 0.232. The van der Waals surface area contributed by atoms with Crippen LogP contribution >= 0.6 is 0 Å². The quantitative estimate of drug-likeness (QED) is 0.678. The van der Waals surface area contributed by atoms with Gasteiger partial charge in [-0.25, -0.2) is 0 Å². The summed E-state index contributed by atoms with van der Waals surface area (Å²) in [5, 5.41) is 8.73. The van der Waals surface area contributed by atoms with E-state index < -0.39 is 0 Å². The zero-order chi connectivity index (χ0) is 18.9. The summed E-state index contributed by atoms with van der Waals surface area (Å²) in [5.41, 5.74) is 2.00. The molecular formula is C22H26N4O2. The maximum absolute atomic E-state index is 5.83. The molecule has 0 radical (unpaired) electrons. The van der Waals surface area contributed by atoms with Crippen molar-refractivity contribution in [3.05, 3.63) is 60.6 Å². The number of rotatable bonds is 5. The fourth-order valence-corrected chi connectivity index (χ4v) is 4.98. The monoisotopic (exact) mass is 378 g/mol. The van der Waals surface area contributed by atoms with Crippen molar-refractivity contribution in [2.24, 2.45) is 11.8 Å². The predicted molar refractivity (Wildman–Crippen MR) is 105 cm³/mol. The Hall–Kier alpha value is -2.44. The summed E-state index contributed by atoms with van der Waals surface area (Å²) in [6, 6.07) is 14.6. The third-order valence-electron chi connectivity index (χ3n) is 6.34. The van der Waals surface area contributed by atoms with Crippen molar-refractivity contribution < 1.29 is 9.26 Å². The Bertz CT molecular complexity index is 892. The van der Waals surface area contributed by atoms with Crippen LogP contribution in [-0.2, 0) is 11.3 Å². The summed E-state index contributed by atoms with van der Waals surface area (Å²) < 4.78 is 13.5. The summed E-state index contributed by atoms with van der Waals surface area (Å²) in [6.45, 7) is 3.01. The van der Waals surface area contributed by atoms with Crippen molar-refractivity contribution in [2.75, 3.05) is 20.2 Å². The number of methoxy groups -OCH3 is 1. The van der Waals surface area contributed by atoms with Gasteiger partial charge in [0.25, 0.3) is 0 Å². The van der Waals surface area contributed by atoms with Gasteiger partial charge < -0.3 is 9.26 Å². The Labute approximate surface area is 165 Å². The molecule has 4 atom stereocenters. The molecule has 1 aliphatic carbocycles. The lowest BCUT2D eigenvalue weighted by molar-refractivity contribution is -0.00486. The molecule has 0 amide bonds. The molecule has 1 aliphatic heterocycles. The first kappa shape index (κ1) is 17.6. The van der Waals surface area contributed by atoms with E-state index in [0.29, 0.717) is 17.9 Å². The largest absolute Gasteiger partial charge is 0.379 e. The lowest BCUT2D eigenvalue weighted by Crippen LogP contribution is -2.37. The van der Waals surface area contributed by atoms with Gasteiger partial charge in [-0.1, -0.05) is 35.5 Å². The van der Waals surface area contributed by atoms with Gasteiger partial charge in [0.05, 0.1) is 18.7 Å². The van der Waals surface area contributed by atoms with Gasteiger partial charge in [0.1, 0.15) is 5.69 Å². The zero-order valence-electron chi connectivity index (χ0n) is 16.1. The van der Waals surface area contributed by atoms with E-state index in [1.165, 1.54) is 0 Å².